The van der Waals surface area contributed by atoms with Crippen molar-refractivity contribution in [2.75, 3.05) is 0 Å². The average Bonchev–Trinajstić information content (AvgIpc) is 2.78. The topological polar surface area (TPSA) is 110 Å². The van der Waals surface area contributed by atoms with Crippen molar-refractivity contribution in [2.24, 2.45) is 0 Å². The minimum atomic E-state index is -3.60. The van der Waals surface area contributed by atoms with Crippen LogP contribution in [0.25, 0.3) is 0 Å². The summed E-state index contributed by atoms with van der Waals surface area (Å²) >= 11 is 0. The summed E-state index contributed by atoms with van der Waals surface area (Å²) < 4.78 is 28.2. The lowest BCUT2D eigenvalue weighted by Crippen LogP contribution is -2.06. The van der Waals surface area contributed by atoms with E-state index in [1.807, 2.05) is 0 Å². The van der Waals surface area contributed by atoms with Crippen LogP contribution >= 0.6 is 0 Å². The number of nitrogens with zero attached hydrogens (tertiary/aromatic N) is 2. The van der Waals surface area contributed by atoms with Crippen LogP contribution in [0.4, 0.5) is 0 Å². The van der Waals surface area contributed by atoms with Gasteiger partial charge in [-0.05, 0) is 12.1 Å². The molecule has 0 saturated carbocycles. The van der Waals surface area contributed by atoms with E-state index in [9.17, 15) is 13.2 Å². The summed E-state index contributed by atoms with van der Waals surface area (Å²) in [4.78, 5) is 14.1. The van der Waals surface area contributed by atoms with Crippen molar-refractivity contribution in [2.45, 2.75) is 10.6 Å². The molecule has 0 spiro atoms. The molecule has 0 amide bonds. The third-order valence-electron chi connectivity index (χ3n) is 2.07. The zero-order valence-electron chi connectivity index (χ0n) is 8.98. The van der Waals surface area contributed by atoms with E-state index >= 15 is 0 Å². The minimum absolute atomic E-state index is 0.117. The van der Waals surface area contributed by atoms with Crippen molar-refractivity contribution in [3.8, 4) is 0 Å². The number of rotatable bonds is 4. The van der Waals surface area contributed by atoms with Crippen molar-refractivity contribution in [3.63, 3.8) is 0 Å². The number of carbonyl (C=O) groups is 1. The molecular weight excluding hydrogens is 260 g/mol. The second kappa shape index (κ2) is 4.57. The lowest BCUT2D eigenvalue weighted by atomic mass is 10.4. The van der Waals surface area contributed by atoms with Gasteiger partial charge in [0.1, 0.15) is 5.75 Å². The zero-order valence-corrected chi connectivity index (χ0v) is 9.79. The van der Waals surface area contributed by atoms with Gasteiger partial charge in [0, 0.05) is 0 Å². The van der Waals surface area contributed by atoms with Gasteiger partial charge in [-0.2, -0.15) is 4.98 Å². The summed E-state index contributed by atoms with van der Waals surface area (Å²) in [6, 6.07) is 7.74. The fraction of sp³-hybridized carbons (Fsp3) is 0.100. The number of aromatic nitrogens is 2. The first kappa shape index (κ1) is 12.2. The zero-order chi connectivity index (χ0) is 13.2. The van der Waals surface area contributed by atoms with Crippen LogP contribution in [0.15, 0.2) is 39.8 Å². The van der Waals surface area contributed by atoms with Gasteiger partial charge in [0.05, 0.1) is 4.90 Å². The van der Waals surface area contributed by atoms with Gasteiger partial charge in [0.2, 0.25) is 0 Å². The summed E-state index contributed by atoms with van der Waals surface area (Å²) in [5, 5.41) is 11.9. The monoisotopic (exact) mass is 268 g/mol. The molecule has 8 heteroatoms. The number of benzene rings is 1. The first-order chi connectivity index (χ1) is 8.49. The van der Waals surface area contributed by atoms with Crippen molar-refractivity contribution in [1.82, 2.24) is 10.1 Å². The number of hydrogen-bond donors (Lipinski definition) is 1. The number of hydrogen-bond acceptors (Lipinski definition) is 6. The lowest BCUT2D eigenvalue weighted by Gasteiger charge is -2.00. The van der Waals surface area contributed by atoms with Crippen molar-refractivity contribution in [1.29, 1.82) is 0 Å². The Morgan fingerprint density at radius 1 is 1.28 bits per heavy atom. The van der Waals surface area contributed by atoms with Crippen LogP contribution in [0.5, 0.6) is 0 Å². The van der Waals surface area contributed by atoms with Crippen LogP contribution in [0.3, 0.4) is 0 Å². The lowest BCUT2D eigenvalue weighted by molar-refractivity contribution is 0.0643. The molecule has 1 heterocycles. The summed E-state index contributed by atoms with van der Waals surface area (Å²) in [5.74, 6) is -2.72. The maximum atomic E-state index is 11.9. The molecule has 0 aliphatic carbocycles. The molecule has 2 rings (SSSR count). The Labute approximate surface area is 102 Å². The largest absolute Gasteiger partial charge is 0.474 e. The molecule has 7 nitrogen and oxygen atoms in total. The van der Waals surface area contributed by atoms with E-state index in [-0.39, 0.29) is 10.7 Å². The van der Waals surface area contributed by atoms with Gasteiger partial charge < -0.3 is 9.63 Å². The quantitative estimate of drug-likeness (QED) is 0.870. The van der Waals surface area contributed by atoms with Gasteiger partial charge in [-0.15, -0.1) is 0 Å². The fourth-order valence-corrected chi connectivity index (χ4v) is 2.48. The molecule has 0 bridgehead atoms. The molecule has 94 valence electrons. The summed E-state index contributed by atoms with van der Waals surface area (Å²) in [6.07, 6.45) is 0. The summed E-state index contributed by atoms with van der Waals surface area (Å²) in [5.41, 5.74) is 0. The molecule has 0 saturated heterocycles. The van der Waals surface area contributed by atoms with E-state index < -0.39 is 27.5 Å². The third-order valence-corrected chi connectivity index (χ3v) is 3.70. The van der Waals surface area contributed by atoms with E-state index in [1.54, 1.807) is 18.2 Å². The highest BCUT2D eigenvalue weighted by atomic mass is 32.2. The molecule has 0 unspecified atom stereocenters. The molecular formula is C10H8N2O5S. The van der Waals surface area contributed by atoms with Crippen LogP contribution in [0.2, 0.25) is 0 Å². The Kier molecular flexibility index (Phi) is 3.11. The fourth-order valence-electron chi connectivity index (χ4n) is 1.28. The van der Waals surface area contributed by atoms with Gasteiger partial charge in [-0.25, -0.2) is 13.2 Å². The van der Waals surface area contributed by atoms with E-state index in [4.69, 9.17) is 5.11 Å². The molecule has 0 radical (unpaired) electrons. The highest BCUT2D eigenvalue weighted by Gasteiger charge is 2.20. The maximum absolute atomic E-state index is 11.9. The summed E-state index contributed by atoms with van der Waals surface area (Å²) in [6.45, 7) is 0. The Balaban J connectivity index is 2.25. The van der Waals surface area contributed by atoms with Crippen LogP contribution in [0.1, 0.15) is 16.5 Å². The first-order valence-electron chi connectivity index (χ1n) is 4.83. The molecule has 1 N–H and O–H groups in total. The molecule has 0 aliphatic rings. The Bertz CT molecular complexity index is 663. The molecule has 1 aromatic heterocycles. The van der Waals surface area contributed by atoms with E-state index in [0.29, 0.717) is 0 Å². The Morgan fingerprint density at radius 2 is 1.94 bits per heavy atom. The smallest absolute Gasteiger partial charge is 0.394 e. The molecule has 1 aromatic carbocycles. The maximum Gasteiger partial charge on any atom is 0.394 e. The minimum Gasteiger partial charge on any atom is -0.474 e. The van der Waals surface area contributed by atoms with Crippen molar-refractivity contribution >= 4 is 15.8 Å². The molecule has 0 atom stereocenters. The summed E-state index contributed by atoms with van der Waals surface area (Å²) in [7, 11) is -3.60. The Hall–Kier alpha value is -2.22. The average molecular weight is 268 g/mol. The third kappa shape index (κ3) is 2.54. The van der Waals surface area contributed by atoms with E-state index in [2.05, 4.69) is 14.7 Å². The molecule has 0 fully saturated rings. The van der Waals surface area contributed by atoms with Crippen LogP contribution in [-0.2, 0) is 15.6 Å². The molecule has 0 aliphatic heterocycles. The second-order valence-corrected chi connectivity index (χ2v) is 5.38. The predicted molar refractivity (Wildman–Crippen MR) is 58.6 cm³/mol. The van der Waals surface area contributed by atoms with E-state index in [0.717, 1.165) is 0 Å². The number of aromatic carboxylic acids is 1. The SMILES string of the molecule is O=C(O)c1nc(CS(=O)(=O)c2ccccc2)no1. The van der Waals surface area contributed by atoms with Gasteiger partial charge in [-0.1, -0.05) is 23.4 Å². The normalized spacial score (nSPS) is 11.3. The van der Waals surface area contributed by atoms with Gasteiger partial charge in [0.25, 0.3) is 0 Å². The number of sulfone groups is 1. The predicted octanol–water partition coefficient (Wildman–Crippen LogP) is 0.742. The van der Waals surface area contributed by atoms with Gasteiger partial charge in [-0.3, -0.25) is 0 Å². The Morgan fingerprint density at radius 3 is 2.50 bits per heavy atom. The van der Waals surface area contributed by atoms with Gasteiger partial charge in [0.15, 0.2) is 15.7 Å². The van der Waals surface area contributed by atoms with Crippen LogP contribution in [0, 0.1) is 0 Å². The van der Waals surface area contributed by atoms with Crippen LogP contribution in [-0.4, -0.2) is 29.6 Å². The van der Waals surface area contributed by atoms with Crippen molar-refractivity contribution in [3.05, 3.63) is 42.0 Å². The molecule has 2 aromatic rings. The number of carboxylic acids is 1. The first-order valence-corrected chi connectivity index (χ1v) is 6.48. The molecule has 18 heavy (non-hydrogen) atoms. The second-order valence-electron chi connectivity index (χ2n) is 3.39. The standard InChI is InChI=1S/C10H8N2O5S/c13-10(14)9-11-8(12-17-9)6-18(15,16)7-4-2-1-3-5-7/h1-5H,6H2,(H,13,14). The van der Waals surface area contributed by atoms with Crippen LogP contribution < -0.4 is 0 Å². The van der Waals surface area contributed by atoms with E-state index in [1.165, 1.54) is 12.1 Å². The number of carboxylic acid groups (broad SMARTS) is 1. The highest BCUT2D eigenvalue weighted by Crippen LogP contribution is 2.14. The highest BCUT2D eigenvalue weighted by molar-refractivity contribution is 7.90. The van der Waals surface area contributed by atoms with Crippen molar-refractivity contribution < 1.29 is 22.8 Å². The van der Waals surface area contributed by atoms with Gasteiger partial charge >= 0.3 is 11.9 Å².